The third-order valence-electron chi connectivity index (χ3n) is 4.29. The van der Waals surface area contributed by atoms with E-state index in [-0.39, 0.29) is 0 Å². The van der Waals surface area contributed by atoms with Gasteiger partial charge in [-0.2, -0.15) is 0 Å². The summed E-state index contributed by atoms with van der Waals surface area (Å²) in [4.78, 5) is 10.6. The molecule has 1 heteroatoms. The van der Waals surface area contributed by atoms with Gasteiger partial charge in [-0.1, -0.05) is 48.5 Å². The molecular formula is C19H20O. The Balaban J connectivity index is 1.71. The molecule has 1 nitrogen and oxygen atoms in total. The Bertz CT molecular complexity index is 586. The molecule has 3 rings (SSSR count). The maximum atomic E-state index is 10.6. The van der Waals surface area contributed by atoms with Crippen LogP contribution in [-0.2, 0) is 30.5 Å². The van der Waals surface area contributed by atoms with Gasteiger partial charge in [0.05, 0.1) is 0 Å². The van der Waals surface area contributed by atoms with Gasteiger partial charge < -0.3 is 4.79 Å². The van der Waals surface area contributed by atoms with Gasteiger partial charge in [-0.3, -0.25) is 0 Å². The van der Waals surface area contributed by atoms with Gasteiger partial charge in [-0.25, -0.2) is 0 Å². The van der Waals surface area contributed by atoms with Crippen LogP contribution in [0.2, 0.25) is 0 Å². The summed E-state index contributed by atoms with van der Waals surface area (Å²) in [6.07, 6.45) is 6.29. The van der Waals surface area contributed by atoms with E-state index < -0.39 is 0 Å². The predicted molar refractivity (Wildman–Crippen MR) is 81.9 cm³/mol. The van der Waals surface area contributed by atoms with Gasteiger partial charge in [0, 0.05) is 6.42 Å². The van der Waals surface area contributed by atoms with E-state index in [9.17, 15) is 4.79 Å². The van der Waals surface area contributed by atoms with Crippen LogP contribution in [-0.4, -0.2) is 6.29 Å². The third kappa shape index (κ3) is 2.98. The minimum atomic E-state index is 0.542. The highest BCUT2D eigenvalue weighted by atomic mass is 16.1. The number of carbonyl (C=O) groups excluding carboxylic acids is 1. The fourth-order valence-electron chi connectivity index (χ4n) is 3.23. The quantitative estimate of drug-likeness (QED) is 0.768. The third-order valence-corrected chi connectivity index (χ3v) is 4.29. The molecule has 2 aromatic carbocycles. The van der Waals surface area contributed by atoms with E-state index in [1.807, 2.05) is 0 Å². The first-order valence-corrected chi connectivity index (χ1v) is 7.43. The number of hydrogen-bond donors (Lipinski definition) is 0. The molecule has 0 radical (unpaired) electrons. The van der Waals surface area contributed by atoms with Crippen molar-refractivity contribution in [2.75, 3.05) is 0 Å². The molecule has 102 valence electrons. The highest BCUT2D eigenvalue weighted by Crippen LogP contribution is 2.28. The van der Waals surface area contributed by atoms with Crippen LogP contribution in [0, 0.1) is 5.92 Å². The summed E-state index contributed by atoms with van der Waals surface area (Å²) >= 11 is 0. The molecule has 1 unspecified atom stereocenters. The lowest BCUT2D eigenvalue weighted by Gasteiger charge is -2.25. The monoisotopic (exact) mass is 264 g/mol. The molecule has 20 heavy (non-hydrogen) atoms. The molecule has 1 aliphatic rings. The van der Waals surface area contributed by atoms with Crippen LogP contribution in [0.3, 0.4) is 0 Å². The number of hydrogen-bond acceptors (Lipinski definition) is 1. The molecule has 2 aromatic rings. The number of aryl methyl sites for hydroxylation is 1. The van der Waals surface area contributed by atoms with Gasteiger partial charge in [-0.15, -0.1) is 0 Å². The van der Waals surface area contributed by atoms with Crippen LogP contribution in [0.4, 0.5) is 0 Å². The van der Waals surface area contributed by atoms with Crippen molar-refractivity contribution in [3.8, 4) is 0 Å². The molecule has 0 aromatic heterocycles. The summed E-state index contributed by atoms with van der Waals surface area (Å²) in [6, 6.07) is 17.3. The largest absolute Gasteiger partial charge is 0.303 e. The standard InChI is InChI=1S/C19H20O/c20-11-10-16-6-8-19-14-17(7-9-18(19)13-16)12-15-4-2-1-3-5-15/h1-6,8,11,13,17H,7,9-10,12,14H2. The molecule has 0 bridgehead atoms. The lowest BCUT2D eigenvalue weighted by Crippen LogP contribution is -2.16. The van der Waals surface area contributed by atoms with Crippen molar-refractivity contribution in [1.82, 2.24) is 0 Å². The highest BCUT2D eigenvalue weighted by Gasteiger charge is 2.19. The molecule has 0 saturated carbocycles. The molecule has 1 atom stereocenters. The summed E-state index contributed by atoms with van der Waals surface area (Å²) in [6.45, 7) is 0. The minimum absolute atomic E-state index is 0.542. The van der Waals surface area contributed by atoms with Crippen LogP contribution in [0.15, 0.2) is 48.5 Å². The number of aldehydes is 1. The molecule has 0 spiro atoms. The summed E-state index contributed by atoms with van der Waals surface area (Å²) in [5, 5.41) is 0. The SMILES string of the molecule is O=CCc1ccc2c(c1)CCC(Cc1ccccc1)C2. The maximum Gasteiger partial charge on any atom is 0.124 e. The first-order valence-electron chi connectivity index (χ1n) is 7.43. The van der Waals surface area contributed by atoms with Gasteiger partial charge in [0.25, 0.3) is 0 Å². The van der Waals surface area contributed by atoms with E-state index in [1.54, 1.807) is 0 Å². The van der Waals surface area contributed by atoms with Crippen LogP contribution in [0.25, 0.3) is 0 Å². The molecule has 0 heterocycles. The second-order valence-electron chi connectivity index (χ2n) is 5.77. The number of fused-ring (bicyclic) bond motifs is 1. The number of rotatable bonds is 4. The van der Waals surface area contributed by atoms with E-state index >= 15 is 0 Å². The van der Waals surface area contributed by atoms with Gasteiger partial charge in [0.15, 0.2) is 0 Å². The lowest BCUT2D eigenvalue weighted by atomic mass is 9.80. The molecular weight excluding hydrogens is 244 g/mol. The molecule has 0 fully saturated rings. The molecule has 0 N–H and O–H groups in total. The Labute approximate surface area is 120 Å². The Morgan fingerprint density at radius 3 is 2.65 bits per heavy atom. The van der Waals surface area contributed by atoms with Crippen LogP contribution >= 0.6 is 0 Å². The summed E-state index contributed by atoms with van der Waals surface area (Å²) in [5.41, 5.74) is 5.53. The highest BCUT2D eigenvalue weighted by molar-refractivity contribution is 5.55. The zero-order valence-electron chi connectivity index (χ0n) is 11.7. The second-order valence-corrected chi connectivity index (χ2v) is 5.77. The van der Waals surface area contributed by atoms with E-state index in [1.165, 1.54) is 36.0 Å². The van der Waals surface area contributed by atoms with E-state index in [0.717, 1.165) is 24.2 Å². The van der Waals surface area contributed by atoms with Crippen molar-refractivity contribution < 1.29 is 4.79 Å². The average molecular weight is 264 g/mol. The molecule has 0 amide bonds. The van der Waals surface area contributed by atoms with Gasteiger partial charge in [0.2, 0.25) is 0 Å². The van der Waals surface area contributed by atoms with E-state index in [2.05, 4.69) is 48.5 Å². The van der Waals surface area contributed by atoms with Gasteiger partial charge in [-0.05, 0) is 53.9 Å². The van der Waals surface area contributed by atoms with Crippen LogP contribution < -0.4 is 0 Å². The Morgan fingerprint density at radius 2 is 1.85 bits per heavy atom. The number of benzene rings is 2. The Kier molecular flexibility index (Phi) is 3.96. The van der Waals surface area contributed by atoms with Crippen molar-refractivity contribution in [3.63, 3.8) is 0 Å². The second kappa shape index (κ2) is 6.04. The topological polar surface area (TPSA) is 17.1 Å². The maximum absolute atomic E-state index is 10.6. The fourth-order valence-corrected chi connectivity index (χ4v) is 3.23. The van der Waals surface area contributed by atoms with Crippen LogP contribution in [0.5, 0.6) is 0 Å². The first kappa shape index (κ1) is 13.1. The van der Waals surface area contributed by atoms with Gasteiger partial charge >= 0.3 is 0 Å². The lowest BCUT2D eigenvalue weighted by molar-refractivity contribution is -0.107. The van der Waals surface area contributed by atoms with Crippen molar-refractivity contribution >= 4 is 6.29 Å². The van der Waals surface area contributed by atoms with Crippen molar-refractivity contribution in [3.05, 3.63) is 70.8 Å². The fraction of sp³-hybridized carbons (Fsp3) is 0.316. The Morgan fingerprint density at radius 1 is 1.00 bits per heavy atom. The zero-order chi connectivity index (χ0) is 13.8. The molecule has 0 saturated heterocycles. The summed E-state index contributed by atoms with van der Waals surface area (Å²) < 4.78 is 0. The molecule has 1 aliphatic carbocycles. The van der Waals surface area contributed by atoms with Crippen LogP contribution in [0.1, 0.15) is 28.7 Å². The van der Waals surface area contributed by atoms with E-state index in [0.29, 0.717) is 6.42 Å². The average Bonchev–Trinajstić information content (AvgIpc) is 2.49. The zero-order valence-corrected chi connectivity index (χ0v) is 11.7. The first-order chi connectivity index (χ1) is 9.85. The molecule has 0 aliphatic heterocycles. The predicted octanol–water partition coefficient (Wildman–Crippen LogP) is 3.78. The Hall–Kier alpha value is -1.89. The smallest absolute Gasteiger partial charge is 0.124 e. The minimum Gasteiger partial charge on any atom is -0.303 e. The normalized spacial score (nSPS) is 17.5. The van der Waals surface area contributed by atoms with Crippen molar-refractivity contribution in [2.24, 2.45) is 5.92 Å². The summed E-state index contributed by atoms with van der Waals surface area (Å²) in [7, 11) is 0. The van der Waals surface area contributed by atoms with Crippen molar-refractivity contribution in [2.45, 2.75) is 32.1 Å². The number of carbonyl (C=O) groups is 1. The van der Waals surface area contributed by atoms with E-state index in [4.69, 9.17) is 0 Å². The summed E-state index contributed by atoms with van der Waals surface area (Å²) in [5.74, 6) is 0.752. The van der Waals surface area contributed by atoms with Crippen molar-refractivity contribution in [1.29, 1.82) is 0 Å². The van der Waals surface area contributed by atoms with Gasteiger partial charge in [0.1, 0.15) is 6.29 Å².